The zero-order chi connectivity index (χ0) is 10.2. The summed E-state index contributed by atoms with van der Waals surface area (Å²) < 4.78 is 5.37. The second kappa shape index (κ2) is 6.29. The van der Waals surface area contributed by atoms with Crippen LogP contribution in [0.5, 0.6) is 0 Å². The number of rotatable bonds is 5. The molecule has 0 aliphatic heterocycles. The first-order chi connectivity index (χ1) is 6.86. The van der Waals surface area contributed by atoms with Gasteiger partial charge in [-0.2, -0.15) is 0 Å². The van der Waals surface area contributed by atoms with Crippen LogP contribution < -0.4 is 5.73 Å². The Labute approximate surface area is 84.6 Å². The van der Waals surface area contributed by atoms with Gasteiger partial charge >= 0.3 is 0 Å². The van der Waals surface area contributed by atoms with E-state index in [0.717, 1.165) is 11.4 Å². The summed E-state index contributed by atoms with van der Waals surface area (Å²) in [5.41, 5.74) is 7.31. The van der Waals surface area contributed by atoms with Crippen molar-refractivity contribution in [3.8, 4) is 0 Å². The van der Waals surface area contributed by atoms with Crippen molar-refractivity contribution in [2.45, 2.75) is 20.1 Å². The third-order valence-electron chi connectivity index (χ3n) is 1.77. The van der Waals surface area contributed by atoms with Crippen molar-refractivity contribution in [1.29, 1.82) is 0 Å². The topological polar surface area (TPSA) is 48.1 Å². The van der Waals surface area contributed by atoms with Crippen LogP contribution in [0.3, 0.4) is 0 Å². The van der Waals surface area contributed by atoms with Crippen LogP contribution in [0.1, 0.15) is 18.3 Å². The minimum Gasteiger partial charge on any atom is -0.371 e. The molecule has 0 radical (unpaired) electrons. The van der Waals surface area contributed by atoms with Gasteiger partial charge in [0.1, 0.15) is 0 Å². The number of nitrogens with zero attached hydrogens (tertiary/aromatic N) is 1. The van der Waals surface area contributed by atoms with Crippen molar-refractivity contribution in [1.82, 2.24) is 4.98 Å². The fraction of sp³-hybridized carbons (Fsp3) is 0.364. The van der Waals surface area contributed by atoms with E-state index in [9.17, 15) is 0 Å². The highest BCUT2D eigenvalue weighted by Crippen LogP contribution is 2.00. The molecule has 0 bridgehead atoms. The predicted octanol–water partition coefficient (Wildman–Crippen LogP) is 1.63. The lowest BCUT2D eigenvalue weighted by atomic mass is 10.3. The van der Waals surface area contributed by atoms with Crippen molar-refractivity contribution >= 4 is 0 Å². The Hall–Kier alpha value is -1.19. The van der Waals surface area contributed by atoms with Crippen molar-refractivity contribution in [3.05, 3.63) is 41.7 Å². The van der Waals surface area contributed by atoms with Gasteiger partial charge in [0.15, 0.2) is 0 Å². The fourth-order valence-electron chi connectivity index (χ4n) is 1.05. The summed E-state index contributed by atoms with van der Waals surface area (Å²) in [6, 6.07) is 5.80. The van der Waals surface area contributed by atoms with Crippen molar-refractivity contribution in [2.24, 2.45) is 5.73 Å². The van der Waals surface area contributed by atoms with E-state index < -0.39 is 0 Å². The van der Waals surface area contributed by atoms with E-state index in [4.69, 9.17) is 10.5 Å². The molecule has 1 aromatic heterocycles. The SMILES string of the molecule is C/C=C/COCc1cccc(CN)n1. The summed E-state index contributed by atoms with van der Waals surface area (Å²) in [7, 11) is 0. The molecule has 0 aromatic carbocycles. The first kappa shape index (κ1) is 10.9. The Morgan fingerprint density at radius 3 is 2.93 bits per heavy atom. The highest BCUT2D eigenvalue weighted by atomic mass is 16.5. The van der Waals surface area contributed by atoms with Crippen molar-refractivity contribution in [3.63, 3.8) is 0 Å². The third kappa shape index (κ3) is 3.68. The number of hydrogen-bond acceptors (Lipinski definition) is 3. The first-order valence-corrected chi connectivity index (χ1v) is 4.70. The summed E-state index contributed by atoms with van der Waals surface area (Å²) >= 11 is 0. The summed E-state index contributed by atoms with van der Waals surface area (Å²) in [6.45, 7) is 3.61. The Kier molecular flexibility index (Phi) is 4.89. The van der Waals surface area contributed by atoms with Crippen LogP contribution in [0.2, 0.25) is 0 Å². The summed E-state index contributed by atoms with van der Waals surface area (Å²) in [5, 5.41) is 0. The maximum absolute atomic E-state index is 5.48. The molecule has 0 aliphatic carbocycles. The normalized spacial score (nSPS) is 11.0. The molecule has 1 aromatic rings. The van der Waals surface area contributed by atoms with Crippen LogP contribution in [-0.4, -0.2) is 11.6 Å². The lowest BCUT2D eigenvalue weighted by Crippen LogP contribution is -2.03. The van der Waals surface area contributed by atoms with Gasteiger partial charge in [0.05, 0.1) is 24.6 Å². The van der Waals surface area contributed by atoms with E-state index in [1.807, 2.05) is 37.3 Å². The van der Waals surface area contributed by atoms with Gasteiger partial charge in [0.25, 0.3) is 0 Å². The predicted molar refractivity (Wildman–Crippen MR) is 56.6 cm³/mol. The Balaban J connectivity index is 2.42. The average Bonchev–Trinajstić information content (AvgIpc) is 2.25. The molecule has 0 saturated heterocycles. The highest BCUT2D eigenvalue weighted by Gasteiger charge is 1.95. The molecule has 2 N–H and O–H groups in total. The molecule has 3 heteroatoms. The summed E-state index contributed by atoms with van der Waals surface area (Å²) in [6.07, 6.45) is 3.93. The molecule has 1 heterocycles. The number of nitrogens with two attached hydrogens (primary N) is 1. The van der Waals surface area contributed by atoms with Crippen LogP contribution in [0.4, 0.5) is 0 Å². The molecule has 0 atom stereocenters. The molecule has 0 fully saturated rings. The summed E-state index contributed by atoms with van der Waals surface area (Å²) in [4.78, 5) is 4.31. The van der Waals surface area contributed by atoms with Gasteiger partial charge in [-0.25, -0.2) is 0 Å². The van der Waals surface area contributed by atoms with Crippen LogP contribution in [-0.2, 0) is 17.9 Å². The lowest BCUT2D eigenvalue weighted by Gasteiger charge is -2.02. The Morgan fingerprint density at radius 1 is 1.43 bits per heavy atom. The van der Waals surface area contributed by atoms with E-state index in [1.165, 1.54) is 0 Å². The molecule has 0 saturated carbocycles. The number of pyridine rings is 1. The van der Waals surface area contributed by atoms with Crippen LogP contribution in [0.15, 0.2) is 30.4 Å². The molecule has 0 spiro atoms. The largest absolute Gasteiger partial charge is 0.371 e. The molecule has 0 aliphatic rings. The van der Waals surface area contributed by atoms with Crippen LogP contribution in [0, 0.1) is 0 Å². The zero-order valence-electron chi connectivity index (χ0n) is 8.44. The summed E-state index contributed by atoms with van der Waals surface area (Å²) in [5.74, 6) is 0. The second-order valence-corrected chi connectivity index (χ2v) is 2.91. The van der Waals surface area contributed by atoms with E-state index in [0.29, 0.717) is 19.8 Å². The molecular formula is C11H16N2O. The van der Waals surface area contributed by atoms with Crippen LogP contribution >= 0.6 is 0 Å². The highest BCUT2D eigenvalue weighted by molar-refractivity contribution is 5.10. The maximum atomic E-state index is 5.48. The molecule has 1 rings (SSSR count). The standard InChI is InChI=1S/C11H16N2O/c1-2-3-7-14-9-11-6-4-5-10(8-12)13-11/h2-6H,7-9,12H2,1H3/b3-2+. The quantitative estimate of drug-likeness (QED) is 0.570. The number of aromatic nitrogens is 1. The number of hydrogen-bond donors (Lipinski definition) is 1. The van der Waals surface area contributed by atoms with Crippen molar-refractivity contribution < 1.29 is 4.74 Å². The van der Waals surface area contributed by atoms with Gasteiger partial charge in [-0.3, -0.25) is 4.98 Å². The van der Waals surface area contributed by atoms with Gasteiger partial charge in [-0.1, -0.05) is 18.2 Å². The van der Waals surface area contributed by atoms with E-state index in [-0.39, 0.29) is 0 Å². The molecule has 0 unspecified atom stereocenters. The van der Waals surface area contributed by atoms with Crippen LogP contribution in [0.25, 0.3) is 0 Å². The van der Waals surface area contributed by atoms with Gasteiger partial charge in [0, 0.05) is 6.54 Å². The maximum Gasteiger partial charge on any atom is 0.0892 e. The second-order valence-electron chi connectivity index (χ2n) is 2.91. The minimum atomic E-state index is 0.475. The molecule has 76 valence electrons. The molecule has 3 nitrogen and oxygen atoms in total. The van der Waals surface area contributed by atoms with E-state index >= 15 is 0 Å². The smallest absolute Gasteiger partial charge is 0.0892 e. The lowest BCUT2D eigenvalue weighted by molar-refractivity contribution is 0.145. The van der Waals surface area contributed by atoms with Gasteiger partial charge in [0.2, 0.25) is 0 Å². The van der Waals surface area contributed by atoms with E-state index in [2.05, 4.69) is 4.98 Å². The monoisotopic (exact) mass is 192 g/mol. The van der Waals surface area contributed by atoms with Gasteiger partial charge in [-0.05, 0) is 19.1 Å². The minimum absolute atomic E-state index is 0.475. The first-order valence-electron chi connectivity index (χ1n) is 4.70. The van der Waals surface area contributed by atoms with E-state index in [1.54, 1.807) is 0 Å². The number of allylic oxidation sites excluding steroid dienone is 1. The Morgan fingerprint density at radius 2 is 2.21 bits per heavy atom. The molecule has 14 heavy (non-hydrogen) atoms. The molecular weight excluding hydrogens is 176 g/mol. The Bertz CT molecular complexity index is 297. The third-order valence-corrected chi connectivity index (χ3v) is 1.77. The average molecular weight is 192 g/mol. The fourth-order valence-corrected chi connectivity index (χ4v) is 1.05. The number of ether oxygens (including phenoxy) is 1. The van der Waals surface area contributed by atoms with Gasteiger partial charge in [-0.15, -0.1) is 0 Å². The van der Waals surface area contributed by atoms with Crippen molar-refractivity contribution in [2.75, 3.05) is 6.61 Å². The zero-order valence-corrected chi connectivity index (χ0v) is 8.44. The van der Waals surface area contributed by atoms with Gasteiger partial charge < -0.3 is 10.5 Å². The molecule has 0 amide bonds.